The van der Waals surface area contributed by atoms with E-state index in [0.717, 1.165) is 25.7 Å². The molecular formula is C17H24N2O4S. The van der Waals surface area contributed by atoms with Crippen LogP contribution in [0.3, 0.4) is 0 Å². The highest BCUT2D eigenvalue weighted by molar-refractivity contribution is 7.89. The van der Waals surface area contributed by atoms with Crippen LogP contribution < -0.4 is 4.74 Å². The van der Waals surface area contributed by atoms with Crippen molar-refractivity contribution in [2.24, 2.45) is 5.92 Å². The van der Waals surface area contributed by atoms with Crippen LogP contribution in [-0.2, 0) is 14.8 Å². The van der Waals surface area contributed by atoms with Gasteiger partial charge in [0.05, 0.1) is 12.0 Å². The number of ether oxygens (including phenoxy) is 1. The number of sulfonamides is 1. The molecule has 0 spiro atoms. The highest BCUT2D eigenvalue weighted by Gasteiger charge is 2.33. The molecule has 1 saturated heterocycles. The Morgan fingerprint density at radius 3 is 2.17 bits per heavy atom. The Morgan fingerprint density at radius 1 is 1.04 bits per heavy atom. The summed E-state index contributed by atoms with van der Waals surface area (Å²) in [5.41, 5.74) is 0. The van der Waals surface area contributed by atoms with Gasteiger partial charge in [-0.25, -0.2) is 8.42 Å². The summed E-state index contributed by atoms with van der Waals surface area (Å²) in [5.74, 6) is 0.977. The number of rotatable bonds is 4. The van der Waals surface area contributed by atoms with Crippen molar-refractivity contribution >= 4 is 15.9 Å². The Labute approximate surface area is 143 Å². The Bertz CT molecular complexity index is 673. The van der Waals surface area contributed by atoms with Crippen molar-refractivity contribution in [1.29, 1.82) is 0 Å². The average Bonchev–Trinajstić information content (AvgIpc) is 3.16. The third-order valence-corrected chi connectivity index (χ3v) is 6.86. The lowest BCUT2D eigenvalue weighted by Gasteiger charge is -2.35. The fraction of sp³-hybridized carbons (Fsp3) is 0.588. The zero-order chi connectivity index (χ0) is 17.2. The lowest BCUT2D eigenvalue weighted by atomic mass is 10.1. The third kappa shape index (κ3) is 3.42. The second-order valence-electron chi connectivity index (χ2n) is 6.39. The Morgan fingerprint density at radius 2 is 1.62 bits per heavy atom. The number of hydrogen-bond acceptors (Lipinski definition) is 4. The molecule has 2 aliphatic rings. The molecule has 1 aliphatic carbocycles. The maximum absolute atomic E-state index is 12.7. The summed E-state index contributed by atoms with van der Waals surface area (Å²) >= 11 is 0. The summed E-state index contributed by atoms with van der Waals surface area (Å²) in [4.78, 5) is 14.5. The number of piperazine rings is 1. The van der Waals surface area contributed by atoms with E-state index in [1.807, 2.05) is 4.90 Å². The highest BCUT2D eigenvalue weighted by atomic mass is 32.2. The predicted octanol–water partition coefficient (Wildman–Crippen LogP) is 1.72. The van der Waals surface area contributed by atoms with Crippen molar-refractivity contribution in [3.63, 3.8) is 0 Å². The van der Waals surface area contributed by atoms with Gasteiger partial charge in [0.15, 0.2) is 0 Å². The fourth-order valence-corrected chi connectivity index (χ4v) is 4.90. The van der Waals surface area contributed by atoms with E-state index in [9.17, 15) is 13.2 Å². The molecule has 6 nitrogen and oxygen atoms in total. The molecule has 0 aromatic heterocycles. The van der Waals surface area contributed by atoms with Gasteiger partial charge in [0.1, 0.15) is 5.75 Å². The van der Waals surface area contributed by atoms with Crippen LogP contribution in [0, 0.1) is 5.92 Å². The number of carbonyl (C=O) groups excluding carboxylic acids is 1. The van der Waals surface area contributed by atoms with Crippen LogP contribution in [0.1, 0.15) is 25.7 Å². The van der Waals surface area contributed by atoms with E-state index in [-0.39, 0.29) is 16.7 Å². The second-order valence-corrected chi connectivity index (χ2v) is 8.32. The van der Waals surface area contributed by atoms with E-state index < -0.39 is 10.0 Å². The predicted molar refractivity (Wildman–Crippen MR) is 90.3 cm³/mol. The average molecular weight is 352 g/mol. The standard InChI is InChI=1S/C17H24N2O4S/c1-23-15-6-8-16(9-7-15)24(21,22)19-12-10-18(11-13-19)17(20)14-4-2-3-5-14/h6-9,14H,2-5,10-13H2,1H3. The molecule has 3 rings (SSSR count). The number of methoxy groups -OCH3 is 1. The van der Waals surface area contributed by atoms with Crippen LogP contribution in [0.2, 0.25) is 0 Å². The number of nitrogens with zero attached hydrogens (tertiary/aromatic N) is 2. The third-order valence-electron chi connectivity index (χ3n) is 4.95. The van der Waals surface area contributed by atoms with Crippen molar-refractivity contribution in [1.82, 2.24) is 9.21 Å². The minimum absolute atomic E-state index is 0.148. The molecule has 132 valence electrons. The topological polar surface area (TPSA) is 66.9 Å². The summed E-state index contributed by atoms with van der Waals surface area (Å²) in [6, 6.07) is 6.41. The van der Waals surface area contributed by atoms with Gasteiger partial charge in [0, 0.05) is 32.1 Å². The first-order valence-corrected chi connectivity index (χ1v) is 9.89. The highest BCUT2D eigenvalue weighted by Crippen LogP contribution is 2.27. The SMILES string of the molecule is COc1ccc(S(=O)(=O)N2CCN(C(=O)C3CCCC3)CC2)cc1. The van der Waals surface area contributed by atoms with Crippen LogP contribution in [0.4, 0.5) is 0 Å². The van der Waals surface area contributed by atoms with Gasteiger partial charge in [-0.05, 0) is 37.1 Å². The molecule has 0 unspecified atom stereocenters. The van der Waals surface area contributed by atoms with Crippen molar-refractivity contribution < 1.29 is 17.9 Å². The Kier molecular flexibility index (Phi) is 5.10. The van der Waals surface area contributed by atoms with Crippen molar-refractivity contribution in [3.8, 4) is 5.75 Å². The second kappa shape index (κ2) is 7.11. The van der Waals surface area contributed by atoms with E-state index in [1.165, 1.54) is 4.31 Å². The van der Waals surface area contributed by atoms with Crippen LogP contribution in [0.5, 0.6) is 5.75 Å². The van der Waals surface area contributed by atoms with E-state index in [0.29, 0.717) is 31.9 Å². The lowest BCUT2D eigenvalue weighted by Crippen LogP contribution is -2.51. The van der Waals surface area contributed by atoms with E-state index >= 15 is 0 Å². The summed E-state index contributed by atoms with van der Waals surface area (Å²) < 4.78 is 31.9. The minimum Gasteiger partial charge on any atom is -0.497 e. The molecule has 1 aliphatic heterocycles. The maximum Gasteiger partial charge on any atom is 0.243 e. The van der Waals surface area contributed by atoms with Gasteiger partial charge in [0.2, 0.25) is 15.9 Å². The van der Waals surface area contributed by atoms with E-state index in [4.69, 9.17) is 4.74 Å². The summed E-state index contributed by atoms with van der Waals surface area (Å²) in [7, 11) is -1.97. The Balaban J connectivity index is 1.63. The molecule has 1 heterocycles. The van der Waals surface area contributed by atoms with Crippen LogP contribution >= 0.6 is 0 Å². The van der Waals surface area contributed by atoms with Crippen molar-refractivity contribution in [3.05, 3.63) is 24.3 Å². The van der Waals surface area contributed by atoms with Gasteiger partial charge in [-0.15, -0.1) is 0 Å². The van der Waals surface area contributed by atoms with E-state index in [1.54, 1.807) is 31.4 Å². The molecule has 1 aromatic rings. The summed E-state index contributed by atoms with van der Waals surface area (Å²) in [5, 5.41) is 0. The molecule has 24 heavy (non-hydrogen) atoms. The van der Waals surface area contributed by atoms with Gasteiger partial charge in [-0.3, -0.25) is 4.79 Å². The molecule has 0 bridgehead atoms. The normalized spacial score (nSPS) is 20.3. The molecule has 0 N–H and O–H groups in total. The van der Waals surface area contributed by atoms with Crippen molar-refractivity contribution in [2.75, 3.05) is 33.3 Å². The van der Waals surface area contributed by atoms with Gasteiger partial charge in [-0.1, -0.05) is 12.8 Å². The molecule has 1 amide bonds. The van der Waals surface area contributed by atoms with Gasteiger partial charge in [-0.2, -0.15) is 4.31 Å². The lowest BCUT2D eigenvalue weighted by molar-refractivity contribution is -0.136. The molecule has 1 aromatic carbocycles. The van der Waals surface area contributed by atoms with Gasteiger partial charge >= 0.3 is 0 Å². The first-order chi connectivity index (χ1) is 11.5. The van der Waals surface area contributed by atoms with Crippen LogP contribution in [-0.4, -0.2) is 56.8 Å². The minimum atomic E-state index is -3.52. The zero-order valence-corrected chi connectivity index (χ0v) is 14.8. The Hall–Kier alpha value is -1.60. The van der Waals surface area contributed by atoms with Gasteiger partial charge < -0.3 is 9.64 Å². The van der Waals surface area contributed by atoms with Gasteiger partial charge in [0.25, 0.3) is 0 Å². The first-order valence-electron chi connectivity index (χ1n) is 8.45. The van der Waals surface area contributed by atoms with Crippen LogP contribution in [0.15, 0.2) is 29.2 Å². The number of amides is 1. The quantitative estimate of drug-likeness (QED) is 0.827. The van der Waals surface area contributed by atoms with Crippen molar-refractivity contribution in [2.45, 2.75) is 30.6 Å². The van der Waals surface area contributed by atoms with E-state index in [2.05, 4.69) is 0 Å². The first kappa shape index (κ1) is 17.2. The monoisotopic (exact) mass is 352 g/mol. The molecular weight excluding hydrogens is 328 g/mol. The molecule has 1 saturated carbocycles. The molecule has 7 heteroatoms. The molecule has 0 atom stereocenters. The molecule has 2 fully saturated rings. The number of carbonyl (C=O) groups is 1. The summed E-state index contributed by atoms with van der Waals surface area (Å²) in [6.45, 7) is 1.66. The van der Waals surface area contributed by atoms with Crippen LogP contribution in [0.25, 0.3) is 0 Å². The number of hydrogen-bond donors (Lipinski definition) is 0. The smallest absolute Gasteiger partial charge is 0.243 e. The zero-order valence-electron chi connectivity index (χ0n) is 14.0. The largest absolute Gasteiger partial charge is 0.497 e. The maximum atomic E-state index is 12.7. The fourth-order valence-electron chi connectivity index (χ4n) is 3.48. The summed E-state index contributed by atoms with van der Waals surface area (Å²) in [6.07, 6.45) is 4.21. The molecule has 0 radical (unpaired) electrons. The number of benzene rings is 1.